The molecule has 0 bridgehead atoms. The number of carboxylic acid groups (broad SMARTS) is 1. The molecule has 2 aromatic heterocycles. The van der Waals surface area contributed by atoms with Crippen LogP contribution in [-0.4, -0.2) is 32.5 Å². The van der Waals surface area contributed by atoms with E-state index in [0.717, 1.165) is 30.0 Å². The lowest BCUT2D eigenvalue weighted by Crippen LogP contribution is -2.25. The summed E-state index contributed by atoms with van der Waals surface area (Å²) in [6.07, 6.45) is -1.94. The molecule has 0 amide bonds. The SMILES string of the molecule is O=C(O)c1sccc1CN1CCC[C@H]1c1nccc(C(F)(F)F)n1. The van der Waals surface area contributed by atoms with Crippen molar-refractivity contribution in [1.29, 1.82) is 0 Å². The van der Waals surface area contributed by atoms with Gasteiger partial charge in [-0.05, 0) is 42.5 Å². The van der Waals surface area contributed by atoms with Crippen molar-refractivity contribution in [2.45, 2.75) is 31.6 Å². The van der Waals surface area contributed by atoms with Crippen LogP contribution in [0.4, 0.5) is 13.2 Å². The van der Waals surface area contributed by atoms with E-state index in [1.807, 2.05) is 4.90 Å². The van der Waals surface area contributed by atoms with Crippen LogP contribution in [0.2, 0.25) is 0 Å². The zero-order valence-electron chi connectivity index (χ0n) is 12.5. The van der Waals surface area contributed by atoms with E-state index in [2.05, 4.69) is 9.97 Å². The lowest BCUT2D eigenvalue weighted by atomic mass is 10.1. The average Bonchev–Trinajstić information content (AvgIpc) is 3.16. The minimum atomic E-state index is -4.51. The zero-order valence-corrected chi connectivity index (χ0v) is 13.3. The van der Waals surface area contributed by atoms with Crippen molar-refractivity contribution in [3.8, 4) is 0 Å². The van der Waals surface area contributed by atoms with Gasteiger partial charge in [-0.1, -0.05) is 0 Å². The number of aromatic nitrogens is 2. The molecule has 0 saturated carbocycles. The molecule has 24 heavy (non-hydrogen) atoms. The summed E-state index contributed by atoms with van der Waals surface area (Å²) in [5.74, 6) is -0.861. The van der Waals surface area contributed by atoms with Crippen molar-refractivity contribution in [1.82, 2.24) is 14.9 Å². The fraction of sp³-hybridized carbons (Fsp3) is 0.400. The summed E-state index contributed by atoms with van der Waals surface area (Å²) in [6.45, 7) is 1.02. The van der Waals surface area contributed by atoms with Gasteiger partial charge >= 0.3 is 12.1 Å². The van der Waals surface area contributed by atoms with Gasteiger partial charge in [0.25, 0.3) is 0 Å². The van der Waals surface area contributed by atoms with E-state index in [9.17, 15) is 23.1 Å². The number of thiophene rings is 1. The second kappa shape index (κ2) is 6.48. The zero-order chi connectivity index (χ0) is 17.3. The highest BCUT2D eigenvalue weighted by molar-refractivity contribution is 7.12. The largest absolute Gasteiger partial charge is 0.477 e. The molecule has 1 atom stereocenters. The summed E-state index contributed by atoms with van der Waals surface area (Å²) in [5, 5.41) is 10.9. The Balaban J connectivity index is 1.83. The summed E-state index contributed by atoms with van der Waals surface area (Å²) in [4.78, 5) is 21.1. The number of nitrogens with zero attached hydrogens (tertiary/aromatic N) is 3. The van der Waals surface area contributed by atoms with Gasteiger partial charge in [-0.15, -0.1) is 11.3 Å². The lowest BCUT2D eigenvalue weighted by Gasteiger charge is -2.23. The Morgan fingerprint density at radius 1 is 1.42 bits per heavy atom. The first-order valence-electron chi connectivity index (χ1n) is 7.30. The van der Waals surface area contributed by atoms with Gasteiger partial charge in [0.2, 0.25) is 0 Å². The normalized spacial score (nSPS) is 18.9. The first kappa shape index (κ1) is 16.8. The number of hydrogen-bond acceptors (Lipinski definition) is 5. The van der Waals surface area contributed by atoms with Crippen LogP contribution in [0.25, 0.3) is 0 Å². The quantitative estimate of drug-likeness (QED) is 0.906. The van der Waals surface area contributed by atoms with Crippen LogP contribution in [0, 0.1) is 0 Å². The Labute approximate surface area is 139 Å². The van der Waals surface area contributed by atoms with Crippen molar-refractivity contribution < 1.29 is 23.1 Å². The molecule has 0 spiro atoms. The molecule has 1 aliphatic rings. The van der Waals surface area contributed by atoms with Gasteiger partial charge in [-0.25, -0.2) is 14.8 Å². The Bertz CT molecular complexity index is 748. The van der Waals surface area contributed by atoms with Gasteiger partial charge in [0.1, 0.15) is 16.4 Å². The van der Waals surface area contributed by atoms with Crippen LogP contribution < -0.4 is 0 Å². The maximum absolute atomic E-state index is 12.8. The molecular weight excluding hydrogens is 343 g/mol. The highest BCUT2D eigenvalue weighted by atomic mass is 32.1. The van der Waals surface area contributed by atoms with Crippen molar-refractivity contribution in [3.05, 3.63) is 45.7 Å². The number of likely N-dealkylation sites (tertiary alicyclic amines) is 1. The van der Waals surface area contributed by atoms with Crippen molar-refractivity contribution >= 4 is 17.3 Å². The van der Waals surface area contributed by atoms with E-state index in [1.165, 1.54) is 0 Å². The topological polar surface area (TPSA) is 66.3 Å². The van der Waals surface area contributed by atoms with Gasteiger partial charge in [-0.3, -0.25) is 4.90 Å². The minimum Gasteiger partial charge on any atom is -0.477 e. The molecule has 0 aromatic carbocycles. The summed E-state index contributed by atoms with van der Waals surface area (Å²) >= 11 is 1.14. The van der Waals surface area contributed by atoms with E-state index < -0.39 is 17.8 Å². The molecule has 1 N–H and O–H groups in total. The average molecular weight is 357 g/mol. The third-order valence-electron chi connectivity index (χ3n) is 3.94. The van der Waals surface area contributed by atoms with Crippen LogP contribution in [-0.2, 0) is 12.7 Å². The van der Waals surface area contributed by atoms with Crippen LogP contribution in [0.1, 0.15) is 45.6 Å². The molecule has 3 heterocycles. The van der Waals surface area contributed by atoms with Crippen LogP contribution in [0.5, 0.6) is 0 Å². The predicted molar refractivity (Wildman–Crippen MR) is 80.7 cm³/mol. The highest BCUT2D eigenvalue weighted by Crippen LogP contribution is 2.34. The van der Waals surface area contributed by atoms with E-state index in [-0.39, 0.29) is 16.7 Å². The molecule has 9 heteroatoms. The predicted octanol–water partition coefficient (Wildman–Crippen LogP) is 3.59. The Morgan fingerprint density at radius 3 is 2.92 bits per heavy atom. The molecule has 0 aliphatic carbocycles. The fourth-order valence-electron chi connectivity index (χ4n) is 2.87. The monoisotopic (exact) mass is 357 g/mol. The molecule has 3 rings (SSSR count). The van der Waals surface area contributed by atoms with Gasteiger partial charge < -0.3 is 5.11 Å². The van der Waals surface area contributed by atoms with Crippen LogP contribution in [0.3, 0.4) is 0 Å². The second-order valence-corrected chi connectivity index (χ2v) is 6.42. The fourth-order valence-corrected chi connectivity index (χ4v) is 3.62. The molecule has 0 unspecified atom stereocenters. The number of rotatable bonds is 4. The number of aromatic carboxylic acids is 1. The third kappa shape index (κ3) is 3.41. The van der Waals surface area contributed by atoms with Gasteiger partial charge in [0, 0.05) is 12.7 Å². The smallest absolute Gasteiger partial charge is 0.433 e. The molecule has 1 aliphatic heterocycles. The van der Waals surface area contributed by atoms with Gasteiger partial charge in [0.05, 0.1) is 6.04 Å². The summed E-state index contributed by atoms with van der Waals surface area (Å²) < 4.78 is 38.5. The van der Waals surface area contributed by atoms with E-state index in [4.69, 9.17) is 0 Å². The van der Waals surface area contributed by atoms with Crippen molar-refractivity contribution in [2.75, 3.05) is 6.54 Å². The Kier molecular flexibility index (Phi) is 4.55. The summed E-state index contributed by atoms with van der Waals surface area (Å²) in [6, 6.07) is 2.24. The molecule has 0 radical (unpaired) electrons. The molecule has 128 valence electrons. The number of alkyl halides is 3. The van der Waals surface area contributed by atoms with E-state index in [0.29, 0.717) is 25.1 Å². The summed E-state index contributed by atoms with van der Waals surface area (Å²) in [7, 11) is 0. The van der Waals surface area contributed by atoms with E-state index in [1.54, 1.807) is 11.4 Å². The van der Waals surface area contributed by atoms with Crippen LogP contribution >= 0.6 is 11.3 Å². The molecule has 1 saturated heterocycles. The third-order valence-corrected chi connectivity index (χ3v) is 4.89. The highest BCUT2D eigenvalue weighted by Gasteiger charge is 2.35. The number of halogens is 3. The van der Waals surface area contributed by atoms with Crippen molar-refractivity contribution in [2.24, 2.45) is 0 Å². The second-order valence-electron chi connectivity index (χ2n) is 5.51. The molecule has 5 nitrogen and oxygen atoms in total. The van der Waals surface area contributed by atoms with Crippen LogP contribution in [0.15, 0.2) is 23.7 Å². The maximum Gasteiger partial charge on any atom is 0.433 e. The Hall–Kier alpha value is -2.00. The first-order valence-corrected chi connectivity index (χ1v) is 8.18. The van der Waals surface area contributed by atoms with E-state index >= 15 is 0 Å². The molecule has 1 fully saturated rings. The summed E-state index contributed by atoms with van der Waals surface area (Å²) in [5.41, 5.74) is -0.299. The minimum absolute atomic E-state index is 0.134. The molecular formula is C15H14F3N3O2S. The first-order chi connectivity index (χ1) is 11.4. The Morgan fingerprint density at radius 2 is 2.21 bits per heavy atom. The number of hydrogen-bond donors (Lipinski definition) is 1. The molecule has 2 aromatic rings. The number of carbonyl (C=O) groups is 1. The van der Waals surface area contributed by atoms with Gasteiger partial charge in [-0.2, -0.15) is 13.2 Å². The maximum atomic E-state index is 12.8. The van der Waals surface area contributed by atoms with Crippen molar-refractivity contribution in [3.63, 3.8) is 0 Å². The lowest BCUT2D eigenvalue weighted by molar-refractivity contribution is -0.141. The standard InChI is InChI=1S/C15H14F3N3O2S/c16-15(17,18)11-3-5-19-13(20-11)10-2-1-6-21(10)8-9-4-7-24-12(9)14(22)23/h3-5,7,10H,1-2,6,8H2,(H,22,23)/t10-/m0/s1. The number of carboxylic acids is 1. The van der Waals surface area contributed by atoms with Gasteiger partial charge in [0.15, 0.2) is 0 Å².